The van der Waals surface area contributed by atoms with Crippen molar-refractivity contribution in [2.24, 2.45) is 0 Å². The van der Waals surface area contributed by atoms with Crippen LogP contribution in [-0.2, 0) is 10.3 Å². The average Bonchev–Trinajstić information content (AvgIpc) is 2.01. The summed E-state index contributed by atoms with van der Waals surface area (Å²) in [5.41, 5.74) is 0.831. The molecule has 1 aromatic rings. The maximum atomic E-state index is 5.93. The van der Waals surface area contributed by atoms with Crippen molar-refractivity contribution in [3.63, 3.8) is 0 Å². The summed E-state index contributed by atoms with van der Waals surface area (Å²) in [6.07, 6.45) is 0.212. The largest absolute Gasteiger partial charge is 0.368 e. The monoisotopic (exact) mass is 212 g/mol. The number of hydrogen-bond acceptors (Lipinski definition) is 1. The highest BCUT2D eigenvalue weighted by molar-refractivity contribution is 6.30. The molecule has 0 N–H and O–H groups in total. The van der Waals surface area contributed by atoms with Crippen LogP contribution in [0.25, 0.3) is 0 Å². The fourth-order valence-electron chi connectivity index (χ4n) is 1.52. The molecule has 0 amide bonds. The van der Waals surface area contributed by atoms with Crippen LogP contribution in [0.1, 0.15) is 33.3 Å². The fourth-order valence-corrected chi connectivity index (χ4v) is 1.71. The lowest BCUT2D eigenvalue weighted by atomic mass is 9.98. The van der Waals surface area contributed by atoms with Gasteiger partial charge in [-0.25, -0.2) is 0 Å². The predicted octanol–water partition coefficient (Wildman–Crippen LogP) is 4.00. The molecular weight excluding hydrogens is 196 g/mol. The molecule has 1 rings (SSSR count). The Morgan fingerprint density at radius 1 is 1.29 bits per heavy atom. The highest BCUT2D eigenvalue weighted by atomic mass is 35.5. The Morgan fingerprint density at radius 2 is 1.93 bits per heavy atom. The maximum absolute atomic E-state index is 5.93. The lowest BCUT2D eigenvalue weighted by Gasteiger charge is -2.28. The zero-order valence-corrected chi connectivity index (χ0v) is 9.93. The molecule has 14 heavy (non-hydrogen) atoms. The van der Waals surface area contributed by atoms with Crippen LogP contribution in [0.15, 0.2) is 24.3 Å². The van der Waals surface area contributed by atoms with Gasteiger partial charge in [0.25, 0.3) is 0 Å². The molecule has 0 atom stereocenters. The van der Waals surface area contributed by atoms with Crippen molar-refractivity contribution in [1.82, 2.24) is 0 Å². The zero-order chi connectivity index (χ0) is 10.8. The first kappa shape index (κ1) is 11.5. The summed E-state index contributed by atoms with van der Waals surface area (Å²) in [5, 5.41) is 0.753. The van der Waals surface area contributed by atoms with E-state index < -0.39 is 0 Å². The van der Waals surface area contributed by atoms with Gasteiger partial charge in [-0.1, -0.05) is 23.7 Å². The number of ether oxygens (including phenoxy) is 1. The molecule has 0 aliphatic rings. The predicted molar refractivity (Wildman–Crippen MR) is 60.7 cm³/mol. The molecule has 1 nitrogen and oxygen atoms in total. The Bertz CT molecular complexity index is 305. The van der Waals surface area contributed by atoms with Gasteiger partial charge in [-0.15, -0.1) is 0 Å². The number of halogens is 1. The van der Waals surface area contributed by atoms with E-state index in [-0.39, 0.29) is 11.7 Å². The van der Waals surface area contributed by atoms with Crippen molar-refractivity contribution in [1.29, 1.82) is 0 Å². The van der Waals surface area contributed by atoms with Gasteiger partial charge in [0.15, 0.2) is 0 Å². The third-order valence-corrected chi connectivity index (χ3v) is 2.29. The second-order valence-electron chi connectivity index (χ2n) is 4.19. The summed E-state index contributed by atoms with van der Waals surface area (Å²) < 4.78 is 5.82. The van der Waals surface area contributed by atoms with Gasteiger partial charge < -0.3 is 4.74 Å². The third-order valence-electron chi connectivity index (χ3n) is 2.05. The first-order valence-corrected chi connectivity index (χ1v) is 5.23. The molecule has 0 heterocycles. The molecule has 0 radical (unpaired) electrons. The van der Waals surface area contributed by atoms with Crippen molar-refractivity contribution in [2.75, 3.05) is 0 Å². The molecule has 0 aromatic heterocycles. The number of rotatable bonds is 3. The highest BCUT2D eigenvalue weighted by Gasteiger charge is 2.22. The van der Waals surface area contributed by atoms with E-state index in [4.69, 9.17) is 16.3 Å². The minimum absolute atomic E-state index is 0.212. The molecule has 0 spiro atoms. The molecule has 2 heteroatoms. The summed E-state index contributed by atoms with van der Waals surface area (Å²) in [6, 6.07) is 7.80. The van der Waals surface area contributed by atoms with Crippen LogP contribution in [0.5, 0.6) is 0 Å². The lowest BCUT2D eigenvalue weighted by molar-refractivity contribution is -0.0600. The van der Waals surface area contributed by atoms with Crippen LogP contribution >= 0.6 is 11.6 Å². The Labute approximate surface area is 91.0 Å². The molecule has 0 unspecified atom stereocenters. The highest BCUT2D eigenvalue weighted by Crippen LogP contribution is 2.27. The van der Waals surface area contributed by atoms with Gasteiger partial charge in [-0.2, -0.15) is 0 Å². The van der Waals surface area contributed by atoms with E-state index >= 15 is 0 Å². The Hall–Kier alpha value is -0.530. The molecule has 0 saturated heterocycles. The second kappa shape index (κ2) is 4.33. The average molecular weight is 213 g/mol. The molecule has 0 bridgehead atoms. The minimum Gasteiger partial charge on any atom is -0.368 e. The summed E-state index contributed by atoms with van der Waals surface area (Å²) in [7, 11) is 0. The molecule has 0 aliphatic carbocycles. The van der Waals surface area contributed by atoms with Crippen LogP contribution < -0.4 is 0 Å². The van der Waals surface area contributed by atoms with Crippen molar-refractivity contribution in [2.45, 2.75) is 39.4 Å². The maximum Gasteiger partial charge on any atom is 0.0879 e. The zero-order valence-electron chi connectivity index (χ0n) is 9.17. The Morgan fingerprint density at radius 3 is 2.43 bits per heavy atom. The number of benzene rings is 1. The van der Waals surface area contributed by atoms with Crippen molar-refractivity contribution >= 4 is 11.6 Å². The summed E-state index contributed by atoms with van der Waals surface area (Å²) >= 11 is 5.93. The van der Waals surface area contributed by atoms with Gasteiger partial charge in [0.05, 0.1) is 11.7 Å². The quantitative estimate of drug-likeness (QED) is 0.736. The van der Waals surface area contributed by atoms with Gasteiger partial charge >= 0.3 is 0 Å². The summed E-state index contributed by atoms with van der Waals surface area (Å²) in [5.74, 6) is 0. The minimum atomic E-state index is -0.279. The van der Waals surface area contributed by atoms with Crippen molar-refractivity contribution in [3.05, 3.63) is 34.9 Å². The van der Waals surface area contributed by atoms with Gasteiger partial charge in [0, 0.05) is 5.02 Å². The van der Waals surface area contributed by atoms with Gasteiger partial charge in [-0.3, -0.25) is 0 Å². The van der Waals surface area contributed by atoms with Crippen LogP contribution in [0.3, 0.4) is 0 Å². The molecule has 0 fully saturated rings. The summed E-state index contributed by atoms with van der Waals surface area (Å²) in [4.78, 5) is 0. The van der Waals surface area contributed by atoms with Crippen LogP contribution in [0.2, 0.25) is 5.02 Å². The van der Waals surface area contributed by atoms with E-state index in [2.05, 4.69) is 13.8 Å². The number of hydrogen-bond donors (Lipinski definition) is 0. The summed E-state index contributed by atoms with van der Waals surface area (Å²) in [6.45, 7) is 8.18. The third kappa shape index (κ3) is 3.00. The Balaban J connectivity index is 2.91. The molecule has 1 aromatic carbocycles. The fraction of sp³-hybridized carbons (Fsp3) is 0.500. The van der Waals surface area contributed by atoms with Gasteiger partial charge in [-0.05, 0) is 45.4 Å². The SMILES string of the molecule is CC(C)OC(C)(C)c1cccc(Cl)c1. The van der Waals surface area contributed by atoms with E-state index in [9.17, 15) is 0 Å². The standard InChI is InChI=1S/C12H17ClO/c1-9(2)14-12(3,4)10-6-5-7-11(13)8-10/h5-9H,1-4H3. The van der Waals surface area contributed by atoms with Crippen LogP contribution in [-0.4, -0.2) is 6.10 Å². The van der Waals surface area contributed by atoms with Crippen molar-refractivity contribution in [3.8, 4) is 0 Å². The van der Waals surface area contributed by atoms with Crippen molar-refractivity contribution < 1.29 is 4.74 Å². The molecule has 0 aliphatic heterocycles. The smallest absolute Gasteiger partial charge is 0.0879 e. The first-order valence-electron chi connectivity index (χ1n) is 4.85. The molecule has 0 saturated carbocycles. The molecular formula is C12H17ClO. The van der Waals surface area contributed by atoms with E-state index in [1.54, 1.807) is 0 Å². The van der Waals surface area contributed by atoms with Crippen LogP contribution in [0.4, 0.5) is 0 Å². The lowest BCUT2D eigenvalue weighted by Crippen LogP contribution is -2.25. The van der Waals surface area contributed by atoms with E-state index in [0.717, 1.165) is 10.6 Å². The van der Waals surface area contributed by atoms with E-state index in [1.165, 1.54) is 0 Å². The van der Waals surface area contributed by atoms with E-state index in [0.29, 0.717) is 0 Å². The first-order chi connectivity index (χ1) is 6.42. The topological polar surface area (TPSA) is 9.23 Å². The molecule has 78 valence electrons. The van der Waals surface area contributed by atoms with Crippen LogP contribution in [0, 0.1) is 0 Å². The normalized spacial score (nSPS) is 12.1. The Kier molecular flexibility index (Phi) is 3.57. The second-order valence-corrected chi connectivity index (χ2v) is 4.62. The van der Waals surface area contributed by atoms with E-state index in [1.807, 2.05) is 38.1 Å². The van der Waals surface area contributed by atoms with Gasteiger partial charge in [0.1, 0.15) is 0 Å². The van der Waals surface area contributed by atoms with Gasteiger partial charge in [0.2, 0.25) is 0 Å².